The summed E-state index contributed by atoms with van der Waals surface area (Å²) in [5.41, 5.74) is 3.08. The van der Waals surface area contributed by atoms with Gasteiger partial charge in [-0.25, -0.2) is 9.78 Å². The van der Waals surface area contributed by atoms with Gasteiger partial charge >= 0.3 is 5.97 Å². The Labute approximate surface area is 242 Å². The zero-order valence-electron chi connectivity index (χ0n) is 21.2. The highest BCUT2D eigenvalue weighted by Crippen LogP contribution is 2.43. The van der Waals surface area contributed by atoms with Crippen LogP contribution in [0.15, 0.2) is 98.9 Å². The summed E-state index contributed by atoms with van der Waals surface area (Å²) in [7, 11) is 0. The van der Waals surface area contributed by atoms with E-state index in [-0.39, 0.29) is 17.9 Å². The molecule has 0 saturated carbocycles. The Morgan fingerprint density at radius 2 is 1.85 bits per heavy atom. The first-order valence-corrected chi connectivity index (χ1v) is 14.1. The van der Waals surface area contributed by atoms with Crippen LogP contribution in [0.3, 0.4) is 0 Å². The normalized spacial score (nSPS) is 14.3. The van der Waals surface area contributed by atoms with Crippen molar-refractivity contribution < 1.29 is 14.5 Å². The average molecular weight is 619 g/mol. The topological polar surface area (TPSA) is 127 Å². The number of aromatic nitrogens is 2. The smallest absolute Gasteiger partial charge is 0.337 e. The Bertz CT molecular complexity index is 1670. The van der Waals surface area contributed by atoms with Gasteiger partial charge in [0.25, 0.3) is 11.2 Å². The van der Waals surface area contributed by atoms with E-state index in [1.165, 1.54) is 23.9 Å². The molecular weight excluding hydrogens is 596 g/mol. The van der Waals surface area contributed by atoms with E-state index in [0.717, 1.165) is 21.2 Å². The van der Waals surface area contributed by atoms with Crippen LogP contribution in [-0.4, -0.2) is 27.5 Å². The molecule has 2 heterocycles. The van der Waals surface area contributed by atoms with Gasteiger partial charge in [0.1, 0.15) is 5.82 Å². The summed E-state index contributed by atoms with van der Waals surface area (Å²) in [6, 6.07) is 23.1. The predicted octanol–water partition coefficient (Wildman–Crippen LogP) is 6.26. The minimum Gasteiger partial charge on any atom is -0.463 e. The minimum absolute atomic E-state index is 0.00878. The summed E-state index contributed by atoms with van der Waals surface area (Å²) in [6.45, 7) is 1.91. The van der Waals surface area contributed by atoms with Gasteiger partial charge < -0.3 is 15.0 Å². The van der Waals surface area contributed by atoms with Crippen LogP contribution in [0.25, 0.3) is 5.70 Å². The molecule has 40 heavy (non-hydrogen) atoms. The summed E-state index contributed by atoms with van der Waals surface area (Å²) < 4.78 is 6.28. The molecule has 9 nitrogen and oxygen atoms in total. The van der Waals surface area contributed by atoms with Crippen molar-refractivity contribution >= 4 is 50.9 Å². The number of carbonyl (C=O) groups is 1. The molecule has 2 N–H and O–H groups in total. The summed E-state index contributed by atoms with van der Waals surface area (Å²) in [5, 5.41) is 14.6. The predicted molar refractivity (Wildman–Crippen MR) is 157 cm³/mol. The van der Waals surface area contributed by atoms with Crippen LogP contribution >= 0.6 is 27.7 Å². The number of ether oxygens (including phenoxy) is 1. The van der Waals surface area contributed by atoms with E-state index < -0.39 is 16.8 Å². The largest absolute Gasteiger partial charge is 0.463 e. The molecule has 202 valence electrons. The third-order valence-electron chi connectivity index (χ3n) is 6.29. The van der Waals surface area contributed by atoms with Crippen LogP contribution in [0.1, 0.15) is 35.1 Å². The van der Waals surface area contributed by atoms with Crippen LogP contribution in [0, 0.1) is 10.1 Å². The van der Waals surface area contributed by atoms with Gasteiger partial charge in [-0.15, -0.1) is 0 Å². The van der Waals surface area contributed by atoms with E-state index in [2.05, 4.69) is 26.2 Å². The first kappa shape index (κ1) is 27.4. The van der Waals surface area contributed by atoms with Crippen molar-refractivity contribution in [2.75, 3.05) is 11.9 Å². The number of carbonyl (C=O) groups excluding carboxylic acids is 1. The van der Waals surface area contributed by atoms with Gasteiger partial charge in [-0.1, -0.05) is 82.3 Å². The number of aromatic amines is 1. The molecule has 0 radical (unpaired) electrons. The van der Waals surface area contributed by atoms with Gasteiger partial charge in [0, 0.05) is 22.4 Å². The highest BCUT2D eigenvalue weighted by molar-refractivity contribution is 9.10. The number of nitrogens with one attached hydrogen (secondary N) is 2. The van der Waals surface area contributed by atoms with Crippen molar-refractivity contribution in [3.05, 3.63) is 132 Å². The number of H-pyrrole nitrogens is 1. The molecule has 11 heteroatoms. The molecule has 4 aromatic rings. The standard InChI is InChI=1S/C29H23BrN4O5S/c1-2-39-28(36)23-22(19-9-6-10-20(30)15-19)24-26(31-25(23)18-7-4-3-5-8-18)32-29(33-27(24)35)40-16-17-11-13-21(14-12-17)34(37)38/h3-15,22H,2,16H2,1H3,(H2,31,32,33,35). The van der Waals surface area contributed by atoms with Gasteiger partial charge in [-0.3, -0.25) is 14.9 Å². The van der Waals surface area contributed by atoms with E-state index in [0.29, 0.717) is 33.6 Å². The number of anilines is 1. The van der Waals surface area contributed by atoms with Crippen molar-refractivity contribution in [2.24, 2.45) is 0 Å². The average Bonchev–Trinajstić information content (AvgIpc) is 2.96. The van der Waals surface area contributed by atoms with Crippen LogP contribution in [0.5, 0.6) is 0 Å². The molecule has 1 atom stereocenters. The zero-order chi connectivity index (χ0) is 28.2. The number of halogens is 1. The quantitative estimate of drug-likeness (QED) is 0.0778. The van der Waals surface area contributed by atoms with E-state index >= 15 is 0 Å². The number of benzene rings is 3. The summed E-state index contributed by atoms with van der Waals surface area (Å²) >= 11 is 4.81. The SMILES string of the molecule is CCOC(=O)C1=C(c2ccccc2)Nc2nc(SCc3ccc([N+](=O)[O-])cc3)[nH]c(=O)c2C1c1cccc(Br)c1. The molecule has 0 bridgehead atoms. The van der Waals surface area contributed by atoms with E-state index in [1.807, 2.05) is 54.6 Å². The fourth-order valence-electron chi connectivity index (χ4n) is 4.51. The fourth-order valence-corrected chi connectivity index (χ4v) is 5.75. The lowest BCUT2D eigenvalue weighted by Gasteiger charge is -2.30. The van der Waals surface area contributed by atoms with Gasteiger partial charge in [0.05, 0.1) is 34.3 Å². The van der Waals surface area contributed by atoms with Gasteiger partial charge in [0.2, 0.25) is 0 Å². The lowest BCUT2D eigenvalue weighted by Crippen LogP contribution is -2.31. The third kappa shape index (κ3) is 5.70. The molecule has 3 aromatic carbocycles. The van der Waals surface area contributed by atoms with Crippen LogP contribution in [0.4, 0.5) is 11.5 Å². The number of nitro groups is 1. The second-order valence-electron chi connectivity index (χ2n) is 8.83. The van der Waals surface area contributed by atoms with Gasteiger partial charge in [-0.05, 0) is 35.7 Å². The Morgan fingerprint density at radius 1 is 1.10 bits per heavy atom. The maximum Gasteiger partial charge on any atom is 0.337 e. The van der Waals surface area contributed by atoms with E-state index in [9.17, 15) is 19.7 Å². The van der Waals surface area contributed by atoms with Crippen molar-refractivity contribution in [1.29, 1.82) is 0 Å². The summed E-state index contributed by atoms with van der Waals surface area (Å²) in [5.74, 6) is -0.496. The molecule has 1 aromatic heterocycles. The Kier molecular flexibility index (Phi) is 8.13. The number of nitro benzene ring substituents is 1. The van der Waals surface area contributed by atoms with Crippen LogP contribution in [-0.2, 0) is 15.3 Å². The number of rotatable bonds is 8. The zero-order valence-corrected chi connectivity index (χ0v) is 23.6. The lowest BCUT2D eigenvalue weighted by atomic mass is 9.81. The first-order chi connectivity index (χ1) is 19.4. The molecule has 0 amide bonds. The number of non-ortho nitro benzene ring substituents is 1. The number of nitrogens with zero attached hydrogens (tertiary/aromatic N) is 2. The fraction of sp³-hybridized carbons (Fsp3) is 0.138. The second-order valence-corrected chi connectivity index (χ2v) is 10.7. The maximum absolute atomic E-state index is 13.6. The molecule has 0 fully saturated rings. The molecule has 0 spiro atoms. The molecule has 0 saturated heterocycles. The van der Waals surface area contributed by atoms with Crippen molar-refractivity contribution in [1.82, 2.24) is 9.97 Å². The molecule has 5 rings (SSSR count). The highest BCUT2D eigenvalue weighted by atomic mass is 79.9. The van der Waals surface area contributed by atoms with Crippen molar-refractivity contribution in [3.8, 4) is 0 Å². The molecule has 0 aliphatic carbocycles. The van der Waals surface area contributed by atoms with Crippen LogP contribution in [0.2, 0.25) is 0 Å². The number of hydrogen-bond acceptors (Lipinski definition) is 8. The number of fused-ring (bicyclic) bond motifs is 1. The molecule has 1 aliphatic heterocycles. The van der Waals surface area contributed by atoms with Gasteiger partial charge in [0.15, 0.2) is 5.16 Å². The lowest BCUT2D eigenvalue weighted by molar-refractivity contribution is -0.384. The number of hydrogen-bond donors (Lipinski definition) is 2. The van der Waals surface area contributed by atoms with Crippen molar-refractivity contribution in [3.63, 3.8) is 0 Å². The third-order valence-corrected chi connectivity index (χ3v) is 7.72. The monoisotopic (exact) mass is 618 g/mol. The summed E-state index contributed by atoms with van der Waals surface area (Å²) in [6.07, 6.45) is 0. The number of esters is 1. The van der Waals surface area contributed by atoms with E-state index in [1.54, 1.807) is 19.1 Å². The van der Waals surface area contributed by atoms with Crippen LogP contribution < -0.4 is 10.9 Å². The Balaban J connectivity index is 1.61. The first-order valence-electron chi connectivity index (χ1n) is 12.3. The maximum atomic E-state index is 13.6. The van der Waals surface area contributed by atoms with Crippen molar-refractivity contribution in [2.45, 2.75) is 23.8 Å². The van der Waals surface area contributed by atoms with Gasteiger partial charge in [-0.2, -0.15) is 0 Å². The number of thioether (sulfide) groups is 1. The Hall–Kier alpha value is -4.22. The highest BCUT2D eigenvalue weighted by Gasteiger charge is 2.38. The van der Waals surface area contributed by atoms with E-state index in [4.69, 9.17) is 9.72 Å². The molecule has 1 unspecified atom stereocenters. The summed E-state index contributed by atoms with van der Waals surface area (Å²) in [4.78, 5) is 45.2. The second kappa shape index (κ2) is 11.9. The molecule has 1 aliphatic rings. The molecular formula is C29H23BrN4O5S. The minimum atomic E-state index is -0.743. The Morgan fingerprint density at radius 3 is 2.52 bits per heavy atom.